The third-order valence-corrected chi connectivity index (χ3v) is 3.56. The van der Waals surface area contributed by atoms with Gasteiger partial charge < -0.3 is 5.32 Å². The lowest BCUT2D eigenvalue weighted by molar-refractivity contribution is -0.112. The molecular formula is C19H15NO2. The first-order valence-corrected chi connectivity index (χ1v) is 7.05. The van der Waals surface area contributed by atoms with Crippen LogP contribution in [0.15, 0.2) is 66.7 Å². The number of anilines is 1. The monoisotopic (exact) mass is 289 g/mol. The van der Waals surface area contributed by atoms with Crippen molar-refractivity contribution in [2.75, 3.05) is 5.32 Å². The minimum atomic E-state index is -0.625. The van der Waals surface area contributed by atoms with Gasteiger partial charge in [0.05, 0.1) is 0 Å². The number of carbonyl (C=O) groups is 2. The van der Waals surface area contributed by atoms with Crippen molar-refractivity contribution >= 4 is 28.2 Å². The van der Waals surface area contributed by atoms with Gasteiger partial charge in [0.25, 0.3) is 11.7 Å². The first kappa shape index (κ1) is 14.0. The highest BCUT2D eigenvalue weighted by molar-refractivity contribution is 6.46. The number of hydrogen-bond acceptors (Lipinski definition) is 2. The Bertz CT molecular complexity index is 845. The molecule has 3 rings (SSSR count). The summed E-state index contributed by atoms with van der Waals surface area (Å²) in [6.07, 6.45) is 0. The molecule has 22 heavy (non-hydrogen) atoms. The van der Waals surface area contributed by atoms with Crippen molar-refractivity contribution in [3.63, 3.8) is 0 Å². The Labute approximate surface area is 128 Å². The van der Waals surface area contributed by atoms with E-state index in [1.54, 1.807) is 18.2 Å². The number of fused-ring (bicyclic) bond motifs is 1. The Morgan fingerprint density at radius 2 is 1.50 bits per heavy atom. The van der Waals surface area contributed by atoms with Crippen LogP contribution in [0.5, 0.6) is 0 Å². The van der Waals surface area contributed by atoms with Gasteiger partial charge in [-0.15, -0.1) is 0 Å². The van der Waals surface area contributed by atoms with Crippen LogP contribution < -0.4 is 5.32 Å². The molecule has 0 unspecified atom stereocenters. The third-order valence-electron chi connectivity index (χ3n) is 3.56. The van der Waals surface area contributed by atoms with E-state index in [0.717, 1.165) is 16.3 Å². The van der Waals surface area contributed by atoms with E-state index in [0.29, 0.717) is 11.3 Å². The number of Topliss-reactive ketones (excluding diaryl/α,β-unsaturated/α-hetero) is 1. The molecule has 3 aromatic carbocycles. The molecule has 0 saturated carbocycles. The normalized spacial score (nSPS) is 10.4. The molecule has 0 aliphatic rings. The highest BCUT2D eigenvalue weighted by Crippen LogP contribution is 2.23. The van der Waals surface area contributed by atoms with Gasteiger partial charge in [0, 0.05) is 16.6 Å². The predicted octanol–water partition coefficient (Wildman–Crippen LogP) is 3.97. The molecule has 1 amide bonds. The summed E-state index contributed by atoms with van der Waals surface area (Å²) in [6.45, 7) is 1.93. The summed E-state index contributed by atoms with van der Waals surface area (Å²) in [5.41, 5.74) is 2.08. The maximum Gasteiger partial charge on any atom is 0.296 e. The van der Waals surface area contributed by atoms with E-state index in [1.807, 2.05) is 55.5 Å². The van der Waals surface area contributed by atoms with Crippen LogP contribution in [0, 0.1) is 6.92 Å². The van der Waals surface area contributed by atoms with Gasteiger partial charge in [-0.2, -0.15) is 0 Å². The summed E-state index contributed by atoms with van der Waals surface area (Å²) in [7, 11) is 0. The molecule has 0 radical (unpaired) electrons. The van der Waals surface area contributed by atoms with Crippen molar-refractivity contribution < 1.29 is 9.59 Å². The quantitative estimate of drug-likeness (QED) is 0.586. The minimum Gasteiger partial charge on any atom is -0.319 e. The maximum absolute atomic E-state index is 12.2. The Hall–Kier alpha value is -2.94. The van der Waals surface area contributed by atoms with Gasteiger partial charge in [-0.1, -0.05) is 66.2 Å². The Kier molecular flexibility index (Phi) is 3.71. The van der Waals surface area contributed by atoms with Crippen LogP contribution in [0.2, 0.25) is 0 Å². The van der Waals surface area contributed by atoms with Crippen LogP contribution in [0.3, 0.4) is 0 Å². The van der Waals surface area contributed by atoms with Gasteiger partial charge >= 0.3 is 0 Å². The van der Waals surface area contributed by atoms with Crippen molar-refractivity contribution in [3.8, 4) is 0 Å². The number of ketones is 1. The lowest BCUT2D eigenvalue weighted by atomic mass is 10.1. The van der Waals surface area contributed by atoms with E-state index in [2.05, 4.69) is 5.32 Å². The zero-order chi connectivity index (χ0) is 15.5. The van der Waals surface area contributed by atoms with Gasteiger partial charge in [-0.05, 0) is 18.4 Å². The summed E-state index contributed by atoms with van der Waals surface area (Å²) in [5.74, 6) is -1.16. The number of benzene rings is 3. The van der Waals surface area contributed by atoms with Crippen molar-refractivity contribution in [2.24, 2.45) is 0 Å². The molecule has 0 bridgehead atoms. The first-order valence-electron chi connectivity index (χ1n) is 7.05. The standard InChI is InChI=1S/C19H15NO2/c1-13-9-11-15(12-10-13)18(21)19(22)20-17-8-4-6-14-5-2-3-7-16(14)17/h2-12H,1H3,(H,20,22). The third kappa shape index (κ3) is 2.74. The van der Waals surface area contributed by atoms with Crippen LogP contribution in [-0.4, -0.2) is 11.7 Å². The molecule has 0 aliphatic heterocycles. The molecule has 0 atom stereocenters. The van der Waals surface area contributed by atoms with E-state index in [4.69, 9.17) is 0 Å². The first-order chi connectivity index (χ1) is 10.6. The molecular weight excluding hydrogens is 274 g/mol. The molecule has 0 fully saturated rings. The van der Waals surface area contributed by atoms with Gasteiger partial charge in [0.2, 0.25) is 0 Å². The van der Waals surface area contributed by atoms with Crippen molar-refractivity contribution in [3.05, 3.63) is 77.9 Å². The van der Waals surface area contributed by atoms with Gasteiger partial charge in [-0.3, -0.25) is 9.59 Å². The summed E-state index contributed by atoms with van der Waals surface area (Å²) in [4.78, 5) is 24.4. The summed E-state index contributed by atoms with van der Waals surface area (Å²) < 4.78 is 0. The van der Waals surface area contributed by atoms with Crippen molar-refractivity contribution in [2.45, 2.75) is 6.92 Å². The van der Waals surface area contributed by atoms with E-state index in [-0.39, 0.29) is 0 Å². The predicted molar refractivity (Wildman–Crippen MR) is 88.1 cm³/mol. The summed E-state index contributed by atoms with van der Waals surface area (Å²) in [5, 5.41) is 4.64. The number of nitrogens with one attached hydrogen (secondary N) is 1. The number of hydrogen-bond donors (Lipinski definition) is 1. The van der Waals surface area contributed by atoms with Crippen molar-refractivity contribution in [1.29, 1.82) is 0 Å². The fourth-order valence-electron chi connectivity index (χ4n) is 2.35. The van der Waals surface area contributed by atoms with E-state index < -0.39 is 11.7 Å². The molecule has 0 heterocycles. The Morgan fingerprint density at radius 1 is 0.818 bits per heavy atom. The average Bonchev–Trinajstić information content (AvgIpc) is 2.55. The minimum absolute atomic E-state index is 0.392. The second-order valence-electron chi connectivity index (χ2n) is 5.18. The van der Waals surface area contributed by atoms with Gasteiger partial charge in [-0.25, -0.2) is 0 Å². The second kappa shape index (κ2) is 5.82. The molecule has 0 saturated heterocycles. The molecule has 0 spiro atoms. The molecule has 1 N–H and O–H groups in total. The van der Waals surface area contributed by atoms with Crippen LogP contribution in [0.1, 0.15) is 15.9 Å². The number of rotatable bonds is 3. The van der Waals surface area contributed by atoms with Gasteiger partial charge in [0.15, 0.2) is 0 Å². The largest absolute Gasteiger partial charge is 0.319 e. The zero-order valence-corrected chi connectivity index (χ0v) is 12.2. The molecule has 108 valence electrons. The fraction of sp³-hybridized carbons (Fsp3) is 0.0526. The lowest BCUT2D eigenvalue weighted by Gasteiger charge is -2.08. The number of aryl methyl sites for hydroxylation is 1. The molecule has 3 heteroatoms. The highest BCUT2D eigenvalue weighted by Gasteiger charge is 2.16. The van der Waals surface area contributed by atoms with Crippen LogP contribution in [-0.2, 0) is 4.79 Å². The zero-order valence-electron chi connectivity index (χ0n) is 12.2. The molecule has 0 aromatic heterocycles. The van der Waals surface area contributed by atoms with Crippen LogP contribution >= 0.6 is 0 Å². The smallest absolute Gasteiger partial charge is 0.296 e. The summed E-state index contributed by atoms with van der Waals surface area (Å²) >= 11 is 0. The van der Waals surface area contributed by atoms with Crippen molar-refractivity contribution in [1.82, 2.24) is 0 Å². The number of amides is 1. The Morgan fingerprint density at radius 3 is 2.27 bits per heavy atom. The van der Waals surface area contributed by atoms with Crippen LogP contribution in [0.4, 0.5) is 5.69 Å². The fourth-order valence-corrected chi connectivity index (χ4v) is 2.35. The lowest BCUT2D eigenvalue weighted by Crippen LogP contribution is -2.22. The highest BCUT2D eigenvalue weighted by atomic mass is 16.2. The maximum atomic E-state index is 12.2. The average molecular weight is 289 g/mol. The summed E-state index contributed by atoms with van der Waals surface area (Å²) in [6, 6.07) is 20.3. The Balaban J connectivity index is 1.87. The SMILES string of the molecule is Cc1ccc(C(=O)C(=O)Nc2cccc3ccccc23)cc1. The van der Waals surface area contributed by atoms with Gasteiger partial charge in [0.1, 0.15) is 0 Å². The van der Waals surface area contributed by atoms with Crippen LogP contribution in [0.25, 0.3) is 10.8 Å². The topological polar surface area (TPSA) is 46.2 Å². The molecule has 3 nitrogen and oxygen atoms in total. The van der Waals surface area contributed by atoms with E-state index >= 15 is 0 Å². The van der Waals surface area contributed by atoms with E-state index in [1.165, 1.54) is 0 Å². The second-order valence-corrected chi connectivity index (χ2v) is 5.18. The number of carbonyl (C=O) groups excluding carboxylic acids is 2. The van der Waals surface area contributed by atoms with E-state index in [9.17, 15) is 9.59 Å². The molecule has 0 aliphatic carbocycles. The molecule has 3 aromatic rings.